The van der Waals surface area contributed by atoms with Crippen LogP contribution in [0.15, 0.2) is 45.7 Å². The predicted molar refractivity (Wildman–Crippen MR) is 94.8 cm³/mol. The minimum atomic E-state index is -0.0573. The minimum Gasteiger partial charge on any atom is -0.337 e. The van der Waals surface area contributed by atoms with Gasteiger partial charge in [-0.25, -0.2) is 0 Å². The fraction of sp³-hybridized carbons (Fsp3) is 0.143. The summed E-state index contributed by atoms with van der Waals surface area (Å²) in [5.74, 6) is -0.0573. The molecule has 1 saturated heterocycles. The molecule has 1 fully saturated rings. The third kappa shape index (κ3) is 2.50. The molecule has 2 aliphatic heterocycles. The number of nitrogens with zero attached hydrogens (tertiary/aromatic N) is 2. The lowest BCUT2D eigenvalue weighted by molar-refractivity contribution is -0.121. The molecule has 21 heavy (non-hydrogen) atoms. The van der Waals surface area contributed by atoms with Crippen molar-refractivity contribution in [1.82, 2.24) is 4.90 Å². The first-order valence-corrected chi connectivity index (χ1v) is 8.55. The van der Waals surface area contributed by atoms with Gasteiger partial charge in [-0.15, -0.1) is 6.58 Å². The molecular formula is C14H11ClN2OS3. The monoisotopic (exact) mass is 354 g/mol. The molecule has 0 unspecified atom stereocenters. The molecule has 1 aromatic rings. The van der Waals surface area contributed by atoms with Crippen molar-refractivity contribution in [3.63, 3.8) is 0 Å². The van der Waals surface area contributed by atoms with Gasteiger partial charge in [0.1, 0.15) is 9.23 Å². The fourth-order valence-electron chi connectivity index (χ4n) is 2.13. The van der Waals surface area contributed by atoms with E-state index in [0.717, 1.165) is 15.6 Å². The number of thiocarbonyl (C=S) groups is 1. The molecule has 3 nitrogen and oxygen atoms in total. The van der Waals surface area contributed by atoms with Crippen LogP contribution in [-0.2, 0) is 4.79 Å². The predicted octanol–water partition coefficient (Wildman–Crippen LogP) is 4.10. The molecular weight excluding hydrogens is 344 g/mol. The average Bonchev–Trinajstić information content (AvgIpc) is 2.91. The quantitative estimate of drug-likeness (QED) is 0.452. The standard InChI is InChI=1S/C14H11ClN2OS3/c1-3-6-17-12(18)11(21-14(17)19)13-16(2)9-7-8(15)4-5-10(9)20-13/h3-5,7H,1,6H2,2H3/b13-11+. The number of carbonyl (C=O) groups excluding carboxylic acids is 1. The summed E-state index contributed by atoms with van der Waals surface area (Å²) in [6.07, 6.45) is 1.68. The van der Waals surface area contributed by atoms with Crippen molar-refractivity contribution < 1.29 is 4.79 Å². The van der Waals surface area contributed by atoms with Crippen molar-refractivity contribution in [3.05, 3.63) is 45.8 Å². The number of thioether (sulfide) groups is 2. The van der Waals surface area contributed by atoms with Crippen molar-refractivity contribution in [3.8, 4) is 0 Å². The summed E-state index contributed by atoms with van der Waals surface area (Å²) in [5.41, 5.74) is 1.01. The highest BCUT2D eigenvalue weighted by Crippen LogP contribution is 2.50. The highest BCUT2D eigenvalue weighted by Gasteiger charge is 2.37. The third-order valence-corrected chi connectivity index (χ3v) is 6.19. The Bertz CT molecular complexity index is 701. The lowest BCUT2D eigenvalue weighted by atomic mass is 10.3. The van der Waals surface area contributed by atoms with E-state index < -0.39 is 0 Å². The van der Waals surface area contributed by atoms with Crippen LogP contribution in [-0.4, -0.2) is 28.7 Å². The van der Waals surface area contributed by atoms with E-state index in [0.29, 0.717) is 20.8 Å². The Morgan fingerprint density at radius 2 is 2.19 bits per heavy atom. The number of amides is 1. The summed E-state index contributed by atoms with van der Waals surface area (Å²) in [7, 11) is 1.94. The Morgan fingerprint density at radius 1 is 1.43 bits per heavy atom. The second-order valence-corrected chi connectivity index (χ2v) is 7.59. The van der Waals surface area contributed by atoms with E-state index >= 15 is 0 Å². The van der Waals surface area contributed by atoms with Gasteiger partial charge in [0, 0.05) is 23.5 Å². The van der Waals surface area contributed by atoms with Crippen molar-refractivity contribution in [2.75, 3.05) is 18.5 Å². The zero-order chi connectivity index (χ0) is 15.1. The van der Waals surface area contributed by atoms with Gasteiger partial charge < -0.3 is 4.90 Å². The second kappa shape index (κ2) is 5.68. The van der Waals surface area contributed by atoms with Gasteiger partial charge in [0.2, 0.25) is 0 Å². The maximum absolute atomic E-state index is 12.5. The highest BCUT2D eigenvalue weighted by molar-refractivity contribution is 8.27. The van der Waals surface area contributed by atoms with Gasteiger partial charge in [-0.3, -0.25) is 9.69 Å². The molecule has 2 heterocycles. The first-order chi connectivity index (χ1) is 10.0. The van der Waals surface area contributed by atoms with Crippen LogP contribution in [0.5, 0.6) is 0 Å². The van der Waals surface area contributed by atoms with E-state index in [2.05, 4.69) is 6.58 Å². The Kier molecular flexibility index (Phi) is 4.05. The molecule has 3 rings (SSSR count). The minimum absolute atomic E-state index is 0.0573. The van der Waals surface area contributed by atoms with Gasteiger partial charge in [-0.1, -0.05) is 53.4 Å². The van der Waals surface area contributed by atoms with E-state index in [1.54, 1.807) is 22.7 Å². The zero-order valence-corrected chi connectivity index (χ0v) is 14.3. The van der Waals surface area contributed by atoms with E-state index in [1.165, 1.54) is 11.8 Å². The molecule has 108 valence electrons. The average molecular weight is 355 g/mol. The Labute approximate surface area is 142 Å². The summed E-state index contributed by atoms with van der Waals surface area (Å²) in [6.45, 7) is 4.10. The van der Waals surface area contributed by atoms with E-state index in [9.17, 15) is 4.79 Å². The summed E-state index contributed by atoms with van der Waals surface area (Å²) in [5, 5.41) is 1.58. The fourth-order valence-corrected chi connectivity index (χ4v) is 4.88. The van der Waals surface area contributed by atoms with Gasteiger partial charge in [-0.2, -0.15) is 0 Å². The molecule has 0 bridgehead atoms. The molecule has 0 saturated carbocycles. The van der Waals surface area contributed by atoms with Gasteiger partial charge in [0.15, 0.2) is 0 Å². The van der Waals surface area contributed by atoms with Gasteiger partial charge in [0.25, 0.3) is 5.91 Å². The second-order valence-electron chi connectivity index (χ2n) is 4.48. The van der Waals surface area contributed by atoms with Crippen molar-refractivity contribution in [2.24, 2.45) is 0 Å². The van der Waals surface area contributed by atoms with Crippen molar-refractivity contribution >= 4 is 63.3 Å². The molecule has 2 aliphatic rings. The maximum Gasteiger partial charge on any atom is 0.269 e. The largest absolute Gasteiger partial charge is 0.337 e. The number of hydrogen-bond acceptors (Lipinski definition) is 5. The third-order valence-electron chi connectivity index (χ3n) is 3.15. The molecule has 0 spiro atoms. The summed E-state index contributed by atoms with van der Waals surface area (Å²) < 4.78 is 0.574. The molecule has 7 heteroatoms. The maximum atomic E-state index is 12.5. The first-order valence-electron chi connectivity index (χ1n) is 6.13. The molecule has 0 radical (unpaired) electrons. The number of fused-ring (bicyclic) bond motifs is 1. The molecule has 0 aromatic heterocycles. The summed E-state index contributed by atoms with van der Waals surface area (Å²) in [6, 6.07) is 5.73. The number of hydrogen-bond donors (Lipinski definition) is 0. The number of anilines is 1. The van der Waals surface area contributed by atoms with Crippen LogP contribution < -0.4 is 4.90 Å². The lowest BCUT2D eigenvalue weighted by Crippen LogP contribution is -2.28. The van der Waals surface area contributed by atoms with Crippen LogP contribution >= 0.6 is 47.3 Å². The molecule has 1 amide bonds. The zero-order valence-electron chi connectivity index (χ0n) is 11.1. The Hall–Kier alpha value is -0.950. The Morgan fingerprint density at radius 3 is 2.90 bits per heavy atom. The lowest BCUT2D eigenvalue weighted by Gasteiger charge is -2.15. The molecule has 0 aliphatic carbocycles. The van der Waals surface area contributed by atoms with Crippen LogP contribution in [0, 0.1) is 0 Å². The summed E-state index contributed by atoms with van der Waals surface area (Å²) >= 11 is 14.2. The Balaban J connectivity index is 2.00. The molecule has 0 N–H and O–H groups in total. The normalized spacial score (nSPS) is 21.2. The van der Waals surface area contributed by atoms with Crippen LogP contribution in [0.25, 0.3) is 0 Å². The van der Waals surface area contributed by atoms with Gasteiger partial charge >= 0.3 is 0 Å². The number of benzene rings is 1. The smallest absolute Gasteiger partial charge is 0.269 e. The number of rotatable bonds is 2. The topological polar surface area (TPSA) is 23.6 Å². The van der Waals surface area contributed by atoms with E-state index in [4.69, 9.17) is 23.8 Å². The number of halogens is 1. The van der Waals surface area contributed by atoms with E-state index in [1.807, 2.05) is 30.1 Å². The molecule has 0 atom stereocenters. The summed E-state index contributed by atoms with van der Waals surface area (Å²) in [4.78, 5) is 17.8. The van der Waals surface area contributed by atoms with Gasteiger partial charge in [-0.05, 0) is 18.2 Å². The SMILES string of the molecule is C=CCN1C(=O)/C(=C2\Sc3ccc(Cl)cc3N2C)SC1=S. The molecule has 1 aromatic carbocycles. The van der Waals surface area contributed by atoms with Crippen molar-refractivity contribution in [1.29, 1.82) is 0 Å². The van der Waals surface area contributed by atoms with E-state index in [-0.39, 0.29) is 5.91 Å². The van der Waals surface area contributed by atoms with Gasteiger partial charge in [0.05, 0.1) is 10.7 Å². The van der Waals surface area contributed by atoms with Crippen LogP contribution in [0.2, 0.25) is 5.02 Å². The number of carbonyl (C=O) groups is 1. The van der Waals surface area contributed by atoms with Crippen LogP contribution in [0.4, 0.5) is 5.69 Å². The van der Waals surface area contributed by atoms with Crippen molar-refractivity contribution in [2.45, 2.75) is 4.90 Å². The first kappa shape index (κ1) is 15.0. The van der Waals surface area contributed by atoms with Crippen LogP contribution in [0.3, 0.4) is 0 Å². The highest BCUT2D eigenvalue weighted by atomic mass is 35.5. The van der Waals surface area contributed by atoms with Crippen LogP contribution in [0.1, 0.15) is 0 Å².